The van der Waals surface area contributed by atoms with E-state index in [9.17, 15) is 4.79 Å². The van der Waals surface area contributed by atoms with Gasteiger partial charge >= 0.3 is 0 Å². The van der Waals surface area contributed by atoms with Crippen LogP contribution in [0.4, 0.5) is 5.82 Å². The van der Waals surface area contributed by atoms with Crippen LogP contribution in [0.1, 0.15) is 34.5 Å². The quantitative estimate of drug-likeness (QED) is 0.769. The Kier molecular flexibility index (Phi) is 6.08. The molecule has 2 heterocycles. The first-order valence-electron chi connectivity index (χ1n) is 7.42. The molecule has 0 atom stereocenters. The number of carbonyl (C=O) groups is 1. The summed E-state index contributed by atoms with van der Waals surface area (Å²) in [4.78, 5) is 24.8. The summed E-state index contributed by atoms with van der Waals surface area (Å²) in [6.07, 6.45) is 4.74. The normalized spacial score (nSPS) is 10.7. The highest BCUT2D eigenvalue weighted by atomic mass is 35.5. The molecule has 3 N–H and O–H groups in total. The van der Waals surface area contributed by atoms with E-state index in [1.165, 1.54) is 6.26 Å². The smallest absolute Gasteiger partial charge is 0.274 e. The van der Waals surface area contributed by atoms with Gasteiger partial charge in [-0.2, -0.15) is 0 Å². The second kappa shape index (κ2) is 8.25. The molecule has 0 aromatic carbocycles. The number of nitrogen functional groups attached to an aromatic ring is 1. The monoisotopic (exact) mass is 359 g/mol. The fourth-order valence-electron chi connectivity index (χ4n) is 1.97. The maximum atomic E-state index is 12.3. The summed E-state index contributed by atoms with van der Waals surface area (Å²) in [5, 5.41) is 3.23. The van der Waals surface area contributed by atoms with Crippen LogP contribution < -0.4 is 11.1 Å². The molecule has 1 amide bonds. The highest BCUT2D eigenvalue weighted by Crippen LogP contribution is 2.18. The summed E-state index contributed by atoms with van der Waals surface area (Å²) in [7, 11) is 0. The van der Waals surface area contributed by atoms with Gasteiger partial charge in [0.05, 0.1) is 24.2 Å². The van der Waals surface area contributed by atoms with Gasteiger partial charge in [-0.3, -0.25) is 9.78 Å². The van der Waals surface area contributed by atoms with E-state index in [0.717, 1.165) is 0 Å². The van der Waals surface area contributed by atoms with Crippen LogP contribution in [0, 0.1) is 6.92 Å². The number of pyridine rings is 1. The maximum Gasteiger partial charge on any atom is 0.274 e. The average Bonchev–Trinajstić information content (AvgIpc) is 2.59. The van der Waals surface area contributed by atoms with Crippen LogP contribution in [0.15, 0.2) is 37.2 Å². The van der Waals surface area contributed by atoms with E-state index in [1.807, 2.05) is 6.92 Å². The molecule has 0 unspecified atom stereocenters. The second-order valence-electron chi connectivity index (χ2n) is 5.05. The lowest BCUT2D eigenvalue weighted by Crippen LogP contribution is -2.26. The Labute approximate surface area is 150 Å². The van der Waals surface area contributed by atoms with Crippen LogP contribution in [0.3, 0.4) is 0 Å². The maximum absolute atomic E-state index is 12.3. The molecule has 0 bridgehead atoms. The Morgan fingerprint density at radius 3 is 2.88 bits per heavy atom. The minimum absolute atomic E-state index is 0.0117. The van der Waals surface area contributed by atoms with E-state index >= 15 is 0 Å². The van der Waals surface area contributed by atoms with Crippen molar-refractivity contribution in [3.05, 3.63) is 65.0 Å². The van der Waals surface area contributed by atoms with Gasteiger partial charge in [0, 0.05) is 11.2 Å². The lowest BCUT2D eigenvalue weighted by Gasteiger charge is -2.11. The van der Waals surface area contributed by atoms with Gasteiger partial charge in [-0.15, -0.1) is 0 Å². The number of amides is 1. The zero-order chi connectivity index (χ0) is 18.4. The molecule has 2 aromatic heterocycles. The van der Waals surface area contributed by atoms with Crippen molar-refractivity contribution in [2.75, 3.05) is 5.73 Å². The first-order chi connectivity index (χ1) is 11.9. The second-order valence-corrected chi connectivity index (χ2v) is 5.49. The number of nitrogens with one attached hydrogen (secondary N) is 1. The number of allylic oxidation sites excluding steroid dienone is 1. The van der Waals surface area contributed by atoms with E-state index < -0.39 is 5.91 Å². The summed E-state index contributed by atoms with van der Waals surface area (Å²) in [5.74, 6) is -0.173. The summed E-state index contributed by atoms with van der Waals surface area (Å²) in [6.45, 7) is 7.47. The highest BCUT2D eigenvalue weighted by molar-refractivity contribution is 6.30. The van der Waals surface area contributed by atoms with E-state index in [0.29, 0.717) is 27.9 Å². The van der Waals surface area contributed by atoms with E-state index in [4.69, 9.17) is 22.1 Å². The first-order valence-corrected chi connectivity index (χ1v) is 7.80. The predicted molar refractivity (Wildman–Crippen MR) is 96.5 cm³/mol. The molecular weight excluding hydrogens is 342 g/mol. The summed E-state index contributed by atoms with van der Waals surface area (Å²) in [6, 6.07) is 3.31. The number of ether oxygens (including phenoxy) is 1. The lowest BCUT2D eigenvalue weighted by atomic mass is 10.2. The summed E-state index contributed by atoms with van der Waals surface area (Å²) < 4.78 is 5.28. The number of aryl methyl sites for hydroxylation is 1. The molecule has 0 fully saturated rings. The predicted octanol–water partition coefficient (Wildman–Crippen LogP) is 2.87. The first kappa shape index (κ1) is 18.4. The Balaban J connectivity index is 2.14. The molecule has 8 heteroatoms. The van der Waals surface area contributed by atoms with Crippen LogP contribution in [0.25, 0.3) is 5.76 Å². The zero-order valence-corrected chi connectivity index (χ0v) is 14.7. The standard InChI is InChI=1S/C17H18ClN5O2/c1-4-7-25-11(3)14-10(2)22-15(16(19)23-14)17(24)21-9-13-8-12(18)5-6-20-13/h4-8H,3,9H2,1-2H3,(H2,19,23)(H,21,24)/b7-4-. The van der Waals surface area contributed by atoms with Gasteiger partial charge in [0.2, 0.25) is 0 Å². The zero-order valence-electron chi connectivity index (χ0n) is 13.9. The van der Waals surface area contributed by atoms with Gasteiger partial charge < -0.3 is 15.8 Å². The highest BCUT2D eigenvalue weighted by Gasteiger charge is 2.17. The van der Waals surface area contributed by atoms with Gasteiger partial charge in [0.1, 0.15) is 11.5 Å². The van der Waals surface area contributed by atoms with Crippen molar-refractivity contribution in [3.8, 4) is 0 Å². The number of halogens is 1. The van der Waals surface area contributed by atoms with Crippen molar-refractivity contribution in [2.24, 2.45) is 0 Å². The van der Waals surface area contributed by atoms with E-state index in [-0.39, 0.29) is 18.1 Å². The van der Waals surface area contributed by atoms with E-state index in [2.05, 4.69) is 26.8 Å². The number of carbonyl (C=O) groups excluding carboxylic acids is 1. The van der Waals surface area contributed by atoms with Crippen LogP contribution in [0.5, 0.6) is 0 Å². The van der Waals surface area contributed by atoms with Crippen LogP contribution in [-0.4, -0.2) is 20.9 Å². The Hall–Kier alpha value is -2.93. The van der Waals surface area contributed by atoms with Crippen molar-refractivity contribution in [1.29, 1.82) is 0 Å². The SMILES string of the molecule is C=C(O/C=C\C)c1nc(N)c(C(=O)NCc2cc(Cl)ccn2)nc1C. The van der Waals surface area contributed by atoms with Crippen LogP contribution in [-0.2, 0) is 11.3 Å². The Morgan fingerprint density at radius 1 is 1.44 bits per heavy atom. The molecule has 25 heavy (non-hydrogen) atoms. The molecular formula is C17H18ClN5O2. The van der Waals surface area contributed by atoms with Gasteiger partial charge in [-0.05, 0) is 26.0 Å². The molecule has 0 aliphatic heterocycles. The van der Waals surface area contributed by atoms with Gasteiger partial charge in [0.15, 0.2) is 11.5 Å². The van der Waals surface area contributed by atoms with E-state index in [1.54, 1.807) is 31.3 Å². The number of anilines is 1. The number of nitrogens with zero attached hydrogens (tertiary/aromatic N) is 3. The molecule has 130 valence electrons. The minimum atomic E-state index is -0.457. The molecule has 2 aromatic rings. The fraction of sp³-hybridized carbons (Fsp3) is 0.176. The third-order valence-corrected chi connectivity index (χ3v) is 3.37. The van der Waals surface area contributed by atoms with Gasteiger partial charge in [0.25, 0.3) is 5.91 Å². The Bertz CT molecular complexity index is 836. The topological polar surface area (TPSA) is 103 Å². The largest absolute Gasteiger partial charge is 0.464 e. The van der Waals surface area contributed by atoms with Crippen LogP contribution >= 0.6 is 11.6 Å². The third kappa shape index (κ3) is 4.77. The molecule has 0 saturated heterocycles. The van der Waals surface area contributed by atoms with Crippen molar-refractivity contribution >= 4 is 29.1 Å². The average molecular weight is 360 g/mol. The summed E-state index contributed by atoms with van der Waals surface area (Å²) in [5.41, 5.74) is 7.39. The van der Waals surface area contributed by atoms with Crippen molar-refractivity contribution in [1.82, 2.24) is 20.3 Å². The fourth-order valence-corrected chi connectivity index (χ4v) is 2.15. The van der Waals surface area contributed by atoms with Crippen molar-refractivity contribution in [2.45, 2.75) is 20.4 Å². The molecule has 0 spiro atoms. The van der Waals surface area contributed by atoms with Crippen molar-refractivity contribution < 1.29 is 9.53 Å². The molecule has 0 aliphatic carbocycles. The summed E-state index contributed by atoms with van der Waals surface area (Å²) >= 11 is 5.89. The molecule has 0 radical (unpaired) electrons. The number of aromatic nitrogens is 3. The lowest BCUT2D eigenvalue weighted by molar-refractivity contribution is 0.0946. The number of rotatable bonds is 6. The van der Waals surface area contributed by atoms with Crippen molar-refractivity contribution in [3.63, 3.8) is 0 Å². The van der Waals surface area contributed by atoms with Gasteiger partial charge in [-0.1, -0.05) is 24.3 Å². The number of hydrogen-bond acceptors (Lipinski definition) is 6. The van der Waals surface area contributed by atoms with Crippen LogP contribution in [0.2, 0.25) is 5.02 Å². The minimum Gasteiger partial charge on any atom is -0.464 e. The molecule has 2 rings (SSSR count). The molecule has 7 nitrogen and oxygen atoms in total. The molecule has 0 saturated carbocycles. The third-order valence-electron chi connectivity index (χ3n) is 3.13. The van der Waals surface area contributed by atoms with Gasteiger partial charge in [-0.25, -0.2) is 9.97 Å². The Morgan fingerprint density at radius 2 is 2.20 bits per heavy atom. The molecule has 0 aliphatic rings. The number of hydrogen-bond donors (Lipinski definition) is 2. The number of nitrogens with two attached hydrogens (primary N) is 1.